The number of anilines is 2. The van der Waals surface area contributed by atoms with Gasteiger partial charge in [0.1, 0.15) is 10.8 Å². The average molecular weight is 466 g/mol. The van der Waals surface area contributed by atoms with Gasteiger partial charge in [0.2, 0.25) is 0 Å². The highest BCUT2D eigenvalue weighted by Crippen LogP contribution is 2.38. The summed E-state index contributed by atoms with van der Waals surface area (Å²) in [6.07, 6.45) is 3.76. The second-order valence-corrected chi connectivity index (χ2v) is 8.93. The molecule has 0 spiro atoms. The van der Waals surface area contributed by atoms with Crippen LogP contribution in [0.5, 0.6) is 5.75 Å². The highest BCUT2D eigenvalue weighted by molar-refractivity contribution is 7.17. The first-order valence-corrected chi connectivity index (χ1v) is 11.4. The van der Waals surface area contributed by atoms with Crippen LogP contribution in [0.2, 0.25) is 0 Å². The molecule has 0 fully saturated rings. The molecule has 2 amide bonds. The molecule has 0 radical (unpaired) electrons. The monoisotopic (exact) mass is 465 g/mol. The second kappa shape index (κ2) is 9.83. The fourth-order valence-corrected chi connectivity index (χ4v) is 5.00. The van der Waals surface area contributed by atoms with Crippen LogP contribution >= 0.6 is 11.3 Å². The number of benzene rings is 2. The summed E-state index contributed by atoms with van der Waals surface area (Å²) in [5, 5.41) is 17.0. The van der Waals surface area contributed by atoms with Crippen molar-refractivity contribution in [2.45, 2.75) is 32.6 Å². The van der Waals surface area contributed by atoms with Crippen LogP contribution in [-0.2, 0) is 17.6 Å². The first kappa shape index (κ1) is 22.5. The van der Waals surface area contributed by atoms with E-state index < -0.39 is 10.8 Å². The van der Waals surface area contributed by atoms with Crippen molar-refractivity contribution in [1.82, 2.24) is 0 Å². The van der Waals surface area contributed by atoms with Gasteiger partial charge in [-0.2, -0.15) is 0 Å². The lowest BCUT2D eigenvalue weighted by molar-refractivity contribution is -0.384. The molecular weight excluding hydrogens is 442 g/mol. The highest BCUT2D eigenvalue weighted by Gasteiger charge is 2.26. The topological polar surface area (TPSA) is 111 Å². The van der Waals surface area contributed by atoms with Crippen LogP contribution in [0.1, 0.15) is 39.2 Å². The molecule has 2 aromatic carbocycles. The van der Waals surface area contributed by atoms with Crippen LogP contribution in [0.3, 0.4) is 0 Å². The Hall–Kier alpha value is -3.72. The zero-order chi connectivity index (χ0) is 23.4. The molecule has 3 aromatic rings. The highest BCUT2D eigenvalue weighted by atomic mass is 32.1. The fourth-order valence-electron chi connectivity index (χ4n) is 3.70. The first-order chi connectivity index (χ1) is 15.9. The molecule has 33 heavy (non-hydrogen) atoms. The van der Waals surface area contributed by atoms with Gasteiger partial charge in [-0.05, 0) is 62.4 Å². The van der Waals surface area contributed by atoms with Crippen LogP contribution < -0.4 is 15.4 Å². The van der Waals surface area contributed by atoms with E-state index in [4.69, 9.17) is 4.74 Å². The van der Waals surface area contributed by atoms with E-state index in [0.717, 1.165) is 41.7 Å². The van der Waals surface area contributed by atoms with E-state index in [1.54, 1.807) is 0 Å². The molecule has 1 aromatic heterocycles. The Morgan fingerprint density at radius 2 is 1.73 bits per heavy atom. The first-order valence-electron chi connectivity index (χ1n) is 10.6. The molecule has 0 aliphatic heterocycles. The number of nitrogens with one attached hydrogen (secondary N) is 2. The number of thiophene rings is 1. The number of hydrogen-bond donors (Lipinski definition) is 2. The summed E-state index contributed by atoms with van der Waals surface area (Å²) >= 11 is 1.44. The number of hydrogen-bond acceptors (Lipinski definition) is 6. The van der Waals surface area contributed by atoms with Crippen molar-refractivity contribution in [3.05, 3.63) is 80.2 Å². The van der Waals surface area contributed by atoms with E-state index in [9.17, 15) is 19.7 Å². The number of carbonyl (C=O) groups is 2. The van der Waals surface area contributed by atoms with Gasteiger partial charge in [-0.3, -0.25) is 19.7 Å². The van der Waals surface area contributed by atoms with E-state index in [1.165, 1.54) is 35.6 Å². The van der Waals surface area contributed by atoms with Gasteiger partial charge in [-0.1, -0.05) is 17.7 Å². The maximum atomic E-state index is 13.2. The van der Waals surface area contributed by atoms with Crippen LogP contribution in [0.25, 0.3) is 0 Å². The van der Waals surface area contributed by atoms with Crippen LogP contribution in [0, 0.1) is 17.0 Å². The molecule has 4 rings (SSSR count). The Balaban J connectivity index is 1.47. The zero-order valence-electron chi connectivity index (χ0n) is 18.1. The lowest BCUT2D eigenvalue weighted by Gasteiger charge is -2.13. The second-order valence-electron chi connectivity index (χ2n) is 7.82. The number of nitro benzene ring substituents is 1. The van der Waals surface area contributed by atoms with Crippen molar-refractivity contribution in [3.8, 4) is 5.75 Å². The molecule has 0 saturated carbocycles. The molecule has 0 saturated heterocycles. The number of fused-ring (bicyclic) bond motifs is 1. The van der Waals surface area contributed by atoms with E-state index in [1.807, 2.05) is 31.2 Å². The predicted octanol–water partition coefficient (Wildman–Crippen LogP) is 5.11. The molecule has 0 unspecified atom stereocenters. The molecule has 2 N–H and O–H groups in total. The molecule has 1 aliphatic carbocycles. The van der Waals surface area contributed by atoms with Crippen molar-refractivity contribution in [3.63, 3.8) is 0 Å². The minimum atomic E-state index is -0.502. The minimum absolute atomic E-state index is 0.0554. The summed E-state index contributed by atoms with van der Waals surface area (Å²) in [5.74, 6) is -0.306. The number of carbonyl (C=O) groups excluding carboxylic acids is 2. The smallest absolute Gasteiger partial charge is 0.269 e. The average Bonchev–Trinajstić information content (AvgIpc) is 3.17. The predicted molar refractivity (Wildman–Crippen MR) is 127 cm³/mol. The standard InChI is InChI=1S/C24H23N3O5S/c1-15-6-8-16(9-7-15)25-23(29)22-19-4-2-3-5-20(19)33-24(22)26-21(28)14-32-18-12-10-17(11-13-18)27(30)31/h6-13H,2-5,14H2,1H3,(H,25,29)(H,26,28). The molecule has 9 heteroatoms. The van der Waals surface area contributed by atoms with Gasteiger partial charge in [0, 0.05) is 22.7 Å². The number of aryl methyl sites for hydroxylation is 2. The Labute approximate surface area is 194 Å². The number of nitrogens with zero attached hydrogens (tertiary/aromatic N) is 1. The van der Waals surface area contributed by atoms with E-state index in [0.29, 0.717) is 22.0 Å². The number of rotatable bonds is 7. The lowest BCUT2D eigenvalue weighted by atomic mass is 9.95. The third-order valence-corrected chi connectivity index (χ3v) is 6.59. The van der Waals surface area contributed by atoms with Crippen molar-refractivity contribution in [2.75, 3.05) is 17.2 Å². The number of nitro groups is 1. The molecule has 1 aliphatic rings. The largest absolute Gasteiger partial charge is 0.484 e. The summed E-state index contributed by atoms with van der Waals surface area (Å²) in [6, 6.07) is 13.1. The van der Waals surface area contributed by atoms with Gasteiger partial charge in [0.05, 0.1) is 10.5 Å². The third kappa shape index (κ3) is 5.38. The van der Waals surface area contributed by atoms with E-state index >= 15 is 0 Å². The zero-order valence-corrected chi connectivity index (χ0v) is 18.9. The third-order valence-electron chi connectivity index (χ3n) is 5.38. The maximum absolute atomic E-state index is 13.2. The molecule has 1 heterocycles. The van der Waals surface area contributed by atoms with Gasteiger partial charge < -0.3 is 15.4 Å². The minimum Gasteiger partial charge on any atom is -0.484 e. The summed E-state index contributed by atoms with van der Waals surface area (Å²) in [7, 11) is 0. The Morgan fingerprint density at radius 3 is 2.42 bits per heavy atom. The van der Waals surface area contributed by atoms with Crippen molar-refractivity contribution >= 4 is 39.5 Å². The van der Waals surface area contributed by atoms with Gasteiger partial charge in [0.25, 0.3) is 17.5 Å². The van der Waals surface area contributed by atoms with Crippen LogP contribution in [0.15, 0.2) is 48.5 Å². The Bertz CT molecular complexity index is 1190. The molecule has 0 bridgehead atoms. The normalized spacial score (nSPS) is 12.5. The molecule has 0 atom stereocenters. The SMILES string of the molecule is Cc1ccc(NC(=O)c2c(NC(=O)COc3ccc([N+](=O)[O-])cc3)sc3c2CCCC3)cc1. The maximum Gasteiger partial charge on any atom is 0.269 e. The molecular formula is C24H23N3O5S. The summed E-state index contributed by atoms with van der Waals surface area (Å²) in [5.41, 5.74) is 3.25. The Morgan fingerprint density at radius 1 is 1.03 bits per heavy atom. The van der Waals surface area contributed by atoms with Crippen LogP contribution in [-0.4, -0.2) is 23.3 Å². The van der Waals surface area contributed by atoms with Crippen LogP contribution in [0.4, 0.5) is 16.4 Å². The quantitative estimate of drug-likeness (QED) is 0.372. The van der Waals surface area contributed by atoms with Gasteiger partial charge >= 0.3 is 0 Å². The molecule has 170 valence electrons. The lowest BCUT2D eigenvalue weighted by Crippen LogP contribution is -2.22. The van der Waals surface area contributed by atoms with Gasteiger partial charge in [-0.25, -0.2) is 0 Å². The number of non-ortho nitro benzene ring substituents is 1. The summed E-state index contributed by atoms with van der Waals surface area (Å²) in [4.78, 5) is 37.1. The van der Waals surface area contributed by atoms with Crippen molar-refractivity contribution in [1.29, 1.82) is 0 Å². The Kier molecular flexibility index (Phi) is 6.69. The van der Waals surface area contributed by atoms with Gasteiger partial charge in [-0.15, -0.1) is 11.3 Å². The van der Waals surface area contributed by atoms with E-state index in [-0.39, 0.29) is 18.2 Å². The van der Waals surface area contributed by atoms with Crippen molar-refractivity contribution < 1.29 is 19.2 Å². The van der Waals surface area contributed by atoms with E-state index in [2.05, 4.69) is 10.6 Å². The number of amides is 2. The summed E-state index contributed by atoms with van der Waals surface area (Å²) in [6.45, 7) is 1.70. The fraction of sp³-hybridized carbons (Fsp3) is 0.250. The number of ether oxygens (including phenoxy) is 1. The molecule has 8 nitrogen and oxygen atoms in total. The van der Waals surface area contributed by atoms with Gasteiger partial charge in [0.15, 0.2) is 6.61 Å². The van der Waals surface area contributed by atoms with Crippen molar-refractivity contribution in [2.24, 2.45) is 0 Å². The summed E-state index contributed by atoms with van der Waals surface area (Å²) < 4.78 is 5.45.